The molecule has 4 rings (SSSR count). The van der Waals surface area contributed by atoms with Gasteiger partial charge >= 0.3 is 0 Å². The summed E-state index contributed by atoms with van der Waals surface area (Å²) >= 11 is 7.38. The lowest BCUT2D eigenvalue weighted by atomic mass is 10.2. The number of halogens is 1. The van der Waals surface area contributed by atoms with Crippen molar-refractivity contribution in [3.63, 3.8) is 0 Å². The minimum atomic E-state index is -0.184. The Morgan fingerprint density at radius 1 is 1.22 bits per heavy atom. The summed E-state index contributed by atoms with van der Waals surface area (Å²) in [6, 6.07) is 7.75. The van der Waals surface area contributed by atoms with Crippen molar-refractivity contribution >= 4 is 44.7 Å². The monoisotopic (exact) mass is 402 g/mol. The maximum absolute atomic E-state index is 13.0. The number of anilines is 1. The van der Waals surface area contributed by atoms with E-state index in [1.54, 1.807) is 6.92 Å². The lowest BCUT2D eigenvalue weighted by molar-refractivity contribution is 0.0751. The topological polar surface area (TPSA) is 69.3 Å². The number of carbonyl (C=O) groups is 1. The molecule has 1 aliphatic heterocycles. The van der Waals surface area contributed by atoms with Crippen LogP contribution >= 0.6 is 22.9 Å². The number of hydrogen-bond donors (Lipinski definition) is 1. The van der Waals surface area contributed by atoms with Gasteiger partial charge in [0.1, 0.15) is 10.7 Å². The number of rotatable bonds is 2. The molecule has 0 spiro atoms. The van der Waals surface area contributed by atoms with Crippen molar-refractivity contribution in [2.75, 3.05) is 31.1 Å². The van der Waals surface area contributed by atoms with Crippen molar-refractivity contribution in [2.45, 2.75) is 13.8 Å². The minimum Gasteiger partial charge on any atom is -0.368 e. The van der Waals surface area contributed by atoms with Crippen LogP contribution in [0.3, 0.4) is 0 Å². The first-order valence-electron chi connectivity index (χ1n) is 8.74. The van der Waals surface area contributed by atoms with Gasteiger partial charge in [-0.1, -0.05) is 17.7 Å². The third-order valence-electron chi connectivity index (χ3n) is 4.85. The molecule has 1 amide bonds. The number of aromatic nitrogens is 2. The Morgan fingerprint density at radius 2 is 1.96 bits per heavy atom. The van der Waals surface area contributed by atoms with Gasteiger partial charge in [0.25, 0.3) is 11.5 Å². The van der Waals surface area contributed by atoms with Crippen molar-refractivity contribution in [1.29, 1.82) is 0 Å². The number of fused-ring (bicyclic) bond motifs is 1. The Labute approximate surface area is 165 Å². The van der Waals surface area contributed by atoms with Crippen molar-refractivity contribution in [3.05, 3.63) is 55.9 Å². The number of H-pyrrole nitrogens is 1. The fraction of sp³-hybridized carbons (Fsp3) is 0.316. The van der Waals surface area contributed by atoms with Crippen LogP contribution < -0.4 is 10.5 Å². The third-order valence-corrected chi connectivity index (χ3v) is 6.26. The van der Waals surface area contributed by atoms with Gasteiger partial charge in [0.05, 0.1) is 10.3 Å². The number of amides is 1. The summed E-state index contributed by atoms with van der Waals surface area (Å²) < 4.78 is 0. The van der Waals surface area contributed by atoms with Crippen LogP contribution in [-0.2, 0) is 0 Å². The highest BCUT2D eigenvalue weighted by atomic mass is 35.5. The zero-order valence-electron chi connectivity index (χ0n) is 15.1. The standard InChI is InChI=1S/C19H19ClN4O2S/c1-11-15-17(25)21-12(2)22-18(15)27-16(11)19(26)24-8-6-23(7-9-24)14-5-3-4-13(20)10-14/h3-5,10H,6-9H2,1-2H3,(H,21,22,25). The Hall–Kier alpha value is -2.38. The van der Waals surface area contributed by atoms with Gasteiger partial charge in [0, 0.05) is 36.9 Å². The summed E-state index contributed by atoms with van der Waals surface area (Å²) in [5.41, 5.74) is 1.60. The number of piperazine rings is 1. The number of hydrogen-bond acceptors (Lipinski definition) is 5. The molecule has 1 N–H and O–H groups in total. The predicted molar refractivity (Wildman–Crippen MR) is 109 cm³/mol. The summed E-state index contributed by atoms with van der Waals surface area (Å²) in [5, 5.41) is 1.23. The van der Waals surface area contributed by atoms with E-state index in [1.165, 1.54) is 11.3 Å². The Kier molecular flexibility index (Phi) is 4.65. The van der Waals surface area contributed by atoms with Crippen LogP contribution in [0.1, 0.15) is 21.1 Å². The number of aromatic amines is 1. The molecule has 27 heavy (non-hydrogen) atoms. The van der Waals surface area contributed by atoms with Crippen LogP contribution in [0.2, 0.25) is 5.02 Å². The zero-order valence-corrected chi connectivity index (χ0v) is 16.7. The molecular formula is C19H19ClN4O2S. The Balaban J connectivity index is 1.55. The highest BCUT2D eigenvalue weighted by Gasteiger charge is 2.26. The first-order valence-corrected chi connectivity index (χ1v) is 9.93. The molecule has 1 aromatic carbocycles. The second kappa shape index (κ2) is 6.98. The van der Waals surface area contributed by atoms with E-state index in [0.29, 0.717) is 44.6 Å². The van der Waals surface area contributed by atoms with Gasteiger partial charge in [0.15, 0.2) is 0 Å². The van der Waals surface area contributed by atoms with E-state index in [1.807, 2.05) is 36.1 Å². The molecule has 140 valence electrons. The lowest BCUT2D eigenvalue weighted by Gasteiger charge is -2.36. The minimum absolute atomic E-state index is 0.0294. The van der Waals surface area contributed by atoms with Gasteiger partial charge in [-0.2, -0.15) is 0 Å². The molecule has 1 fully saturated rings. The summed E-state index contributed by atoms with van der Waals surface area (Å²) in [5.74, 6) is 0.529. The van der Waals surface area contributed by atoms with Gasteiger partial charge < -0.3 is 14.8 Å². The molecular weight excluding hydrogens is 384 g/mol. The van der Waals surface area contributed by atoms with E-state index < -0.39 is 0 Å². The predicted octanol–water partition coefficient (Wildman–Crippen LogP) is 3.22. The summed E-state index contributed by atoms with van der Waals surface area (Å²) in [4.78, 5) is 37.7. The van der Waals surface area contributed by atoms with E-state index in [0.717, 1.165) is 18.8 Å². The average molecular weight is 403 g/mol. The fourth-order valence-corrected chi connectivity index (χ4v) is 4.82. The SMILES string of the molecule is Cc1nc2sc(C(=O)N3CCN(c4cccc(Cl)c4)CC3)c(C)c2c(=O)[nH]1. The molecule has 3 aromatic rings. The molecule has 1 saturated heterocycles. The third kappa shape index (κ3) is 3.33. The van der Waals surface area contributed by atoms with Gasteiger partial charge in [0.2, 0.25) is 0 Å². The molecule has 6 nitrogen and oxygen atoms in total. The van der Waals surface area contributed by atoms with Crippen LogP contribution in [0, 0.1) is 13.8 Å². The lowest BCUT2D eigenvalue weighted by Crippen LogP contribution is -2.48. The van der Waals surface area contributed by atoms with Crippen molar-refractivity contribution in [2.24, 2.45) is 0 Å². The van der Waals surface area contributed by atoms with Crippen LogP contribution in [0.25, 0.3) is 10.2 Å². The summed E-state index contributed by atoms with van der Waals surface area (Å²) in [6.07, 6.45) is 0. The van der Waals surface area contributed by atoms with E-state index in [-0.39, 0.29) is 11.5 Å². The molecule has 0 radical (unpaired) electrons. The van der Waals surface area contributed by atoms with Crippen LogP contribution in [0.4, 0.5) is 5.69 Å². The number of nitrogens with zero attached hydrogens (tertiary/aromatic N) is 3. The number of aryl methyl sites for hydroxylation is 2. The largest absolute Gasteiger partial charge is 0.368 e. The van der Waals surface area contributed by atoms with E-state index in [4.69, 9.17) is 11.6 Å². The average Bonchev–Trinajstić information content (AvgIpc) is 2.98. The van der Waals surface area contributed by atoms with E-state index in [2.05, 4.69) is 14.9 Å². The molecule has 0 bridgehead atoms. The smallest absolute Gasteiger partial charge is 0.264 e. The van der Waals surface area contributed by atoms with Crippen molar-refractivity contribution in [3.8, 4) is 0 Å². The molecule has 3 heterocycles. The first kappa shape index (κ1) is 18.0. The summed E-state index contributed by atoms with van der Waals surface area (Å²) in [7, 11) is 0. The zero-order chi connectivity index (χ0) is 19.1. The number of thiophene rings is 1. The maximum atomic E-state index is 13.0. The van der Waals surface area contributed by atoms with Gasteiger partial charge in [-0.25, -0.2) is 4.98 Å². The van der Waals surface area contributed by atoms with Crippen LogP contribution in [-0.4, -0.2) is 47.0 Å². The Bertz CT molecular complexity index is 1080. The fourth-order valence-electron chi connectivity index (χ4n) is 3.44. The van der Waals surface area contributed by atoms with E-state index >= 15 is 0 Å². The highest BCUT2D eigenvalue weighted by molar-refractivity contribution is 7.20. The normalized spacial score (nSPS) is 14.8. The summed E-state index contributed by atoms with van der Waals surface area (Å²) in [6.45, 7) is 6.30. The molecule has 8 heteroatoms. The second-order valence-corrected chi connectivity index (χ2v) is 8.08. The maximum Gasteiger partial charge on any atom is 0.264 e. The van der Waals surface area contributed by atoms with Crippen LogP contribution in [0.15, 0.2) is 29.1 Å². The molecule has 2 aromatic heterocycles. The molecule has 1 aliphatic rings. The van der Waals surface area contributed by atoms with Gasteiger partial charge in [-0.3, -0.25) is 9.59 Å². The van der Waals surface area contributed by atoms with Crippen LogP contribution in [0.5, 0.6) is 0 Å². The molecule has 0 unspecified atom stereocenters. The van der Waals surface area contributed by atoms with E-state index in [9.17, 15) is 9.59 Å². The first-order chi connectivity index (χ1) is 12.9. The van der Waals surface area contributed by atoms with Crippen molar-refractivity contribution in [1.82, 2.24) is 14.9 Å². The van der Waals surface area contributed by atoms with Gasteiger partial charge in [-0.15, -0.1) is 11.3 Å². The number of benzene rings is 1. The number of nitrogens with one attached hydrogen (secondary N) is 1. The molecule has 0 saturated carbocycles. The van der Waals surface area contributed by atoms with Crippen molar-refractivity contribution < 1.29 is 4.79 Å². The number of carbonyl (C=O) groups excluding carboxylic acids is 1. The second-order valence-electron chi connectivity index (χ2n) is 6.65. The van der Waals surface area contributed by atoms with Gasteiger partial charge in [-0.05, 0) is 37.6 Å². The quantitative estimate of drug-likeness (QED) is 0.714. The molecule has 0 atom stereocenters. The highest BCUT2D eigenvalue weighted by Crippen LogP contribution is 2.29. The Morgan fingerprint density at radius 3 is 2.67 bits per heavy atom. The molecule has 0 aliphatic carbocycles.